The summed E-state index contributed by atoms with van der Waals surface area (Å²) in [5.74, 6) is -0.813. The molecule has 0 spiro atoms. The first-order chi connectivity index (χ1) is 10.2. The van der Waals surface area contributed by atoms with Gasteiger partial charge in [-0.1, -0.05) is 22.9 Å². The predicted molar refractivity (Wildman–Crippen MR) is 82.6 cm³/mol. The lowest BCUT2D eigenvalue weighted by Crippen LogP contribution is -2.12. The topological polar surface area (TPSA) is 106 Å². The number of carboxylic acids is 1. The van der Waals surface area contributed by atoms with E-state index in [2.05, 4.69) is 9.71 Å². The number of rotatable bonds is 5. The summed E-state index contributed by atoms with van der Waals surface area (Å²) in [6, 6.07) is 3.99. The smallest absolute Gasteiger partial charge is 0.347 e. The lowest BCUT2D eigenvalue weighted by molar-refractivity contribution is 0.0701. The van der Waals surface area contributed by atoms with Gasteiger partial charge in [-0.25, -0.2) is 18.2 Å². The molecule has 2 aromatic rings. The number of hydrogen-bond donors (Lipinski definition) is 2. The van der Waals surface area contributed by atoms with Crippen molar-refractivity contribution in [1.29, 1.82) is 0 Å². The molecule has 118 valence electrons. The number of carbonyl (C=O) groups is 1. The molecule has 1 heterocycles. The average molecular weight is 363 g/mol. The van der Waals surface area contributed by atoms with Gasteiger partial charge in [0.05, 0.1) is 22.7 Å². The van der Waals surface area contributed by atoms with Gasteiger partial charge in [0.15, 0.2) is 5.13 Å². The third-order valence-electron chi connectivity index (χ3n) is 2.65. The molecule has 1 aromatic carbocycles. The Labute approximate surface area is 135 Å². The van der Waals surface area contributed by atoms with Gasteiger partial charge < -0.3 is 9.84 Å². The number of methoxy groups -OCH3 is 1. The Morgan fingerprint density at radius 3 is 2.64 bits per heavy atom. The van der Waals surface area contributed by atoms with Crippen LogP contribution in [0.3, 0.4) is 0 Å². The Balaban J connectivity index is 2.33. The molecule has 22 heavy (non-hydrogen) atoms. The highest BCUT2D eigenvalue weighted by atomic mass is 35.5. The van der Waals surface area contributed by atoms with Crippen molar-refractivity contribution < 1.29 is 23.1 Å². The van der Waals surface area contributed by atoms with E-state index in [9.17, 15) is 13.2 Å². The van der Waals surface area contributed by atoms with Crippen molar-refractivity contribution in [2.45, 2.75) is 11.8 Å². The number of thiazole rings is 1. The normalized spacial score (nSPS) is 11.2. The van der Waals surface area contributed by atoms with E-state index >= 15 is 0 Å². The Morgan fingerprint density at radius 1 is 1.45 bits per heavy atom. The van der Waals surface area contributed by atoms with E-state index in [1.165, 1.54) is 32.2 Å². The molecule has 0 saturated heterocycles. The SMILES string of the molecule is COc1ccc(S(=O)(=O)Nc2nc(C)c(C(=O)O)s2)cc1Cl. The number of aromatic nitrogens is 1. The summed E-state index contributed by atoms with van der Waals surface area (Å²) in [4.78, 5) is 14.7. The molecule has 0 saturated carbocycles. The zero-order valence-corrected chi connectivity index (χ0v) is 13.8. The number of halogens is 1. The van der Waals surface area contributed by atoms with Gasteiger partial charge in [0.25, 0.3) is 10.0 Å². The Hall–Kier alpha value is -1.84. The number of hydrogen-bond acceptors (Lipinski definition) is 6. The summed E-state index contributed by atoms with van der Waals surface area (Å²) in [7, 11) is -2.51. The summed E-state index contributed by atoms with van der Waals surface area (Å²) in [5.41, 5.74) is 0.239. The number of benzene rings is 1. The van der Waals surface area contributed by atoms with Gasteiger partial charge in [-0.2, -0.15) is 0 Å². The van der Waals surface area contributed by atoms with Gasteiger partial charge in [-0.3, -0.25) is 4.72 Å². The number of ether oxygens (including phenoxy) is 1. The highest BCUT2D eigenvalue weighted by Crippen LogP contribution is 2.29. The second-order valence-corrected chi connectivity index (χ2v) is 7.23. The third-order valence-corrected chi connectivity index (χ3v) is 5.47. The van der Waals surface area contributed by atoms with E-state index < -0.39 is 16.0 Å². The molecule has 10 heteroatoms. The van der Waals surface area contributed by atoms with E-state index in [0.29, 0.717) is 5.75 Å². The van der Waals surface area contributed by atoms with E-state index in [1.807, 2.05) is 0 Å². The largest absolute Gasteiger partial charge is 0.495 e. The van der Waals surface area contributed by atoms with Crippen molar-refractivity contribution in [1.82, 2.24) is 4.98 Å². The lowest BCUT2D eigenvalue weighted by Gasteiger charge is -2.07. The van der Waals surface area contributed by atoms with Crippen molar-refractivity contribution >= 4 is 44.1 Å². The van der Waals surface area contributed by atoms with Crippen molar-refractivity contribution in [2.24, 2.45) is 0 Å². The number of aromatic carboxylic acids is 1. The van der Waals surface area contributed by atoms with Crippen LogP contribution in [0.15, 0.2) is 23.1 Å². The summed E-state index contributed by atoms with van der Waals surface area (Å²) in [6.45, 7) is 1.49. The summed E-state index contributed by atoms with van der Waals surface area (Å²) < 4.78 is 31.7. The first-order valence-corrected chi connectivity index (χ1v) is 8.49. The minimum Gasteiger partial charge on any atom is -0.495 e. The molecule has 7 nitrogen and oxygen atoms in total. The van der Waals surface area contributed by atoms with Gasteiger partial charge >= 0.3 is 5.97 Å². The lowest BCUT2D eigenvalue weighted by atomic mass is 10.3. The number of aryl methyl sites for hydroxylation is 1. The summed E-state index contributed by atoms with van der Waals surface area (Å²) >= 11 is 6.64. The number of sulfonamides is 1. The molecule has 0 aliphatic heterocycles. The van der Waals surface area contributed by atoms with Crippen molar-refractivity contribution in [2.75, 3.05) is 11.8 Å². The van der Waals surface area contributed by atoms with E-state index in [0.717, 1.165) is 11.3 Å². The van der Waals surface area contributed by atoms with Crippen LogP contribution in [-0.4, -0.2) is 31.6 Å². The standard InChI is InChI=1S/C12H11ClN2O5S2/c1-6-10(11(16)17)21-12(14-6)15-22(18,19)7-3-4-9(20-2)8(13)5-7/h3-5H,1-2H3,(H,14,15)(H,16,17). The minimum absolute atomic E-state index is 0.0227. The molecule has 0 amide bonds. The maximum absolute atomic E-state index is 12.3. The Morgan fingerprint density at radius 2 is 2.14 bits per heavy atom. The zero-order chi connectivity index (χ0) is 16.5. The zero-order valence-electron chi connectivity index (χ0n) is 11.5. The summed E-state index contributed by atoms with van der Waals surface area (Å²) in [6.07, 6.45) is 0. The first-order valence-electron chi connectivity index (χ1n) is 5.81. The van der Waals surface area contributed by atoms with Gasteiger partial charge in [-0.05, 0) is 25.1 Å². The van der Waals surface area contributed by atoms with Crippen molar-refractivity contribution in [3.8, 4) is 5.75 Å². The molecule has 0 fully saturated rings. The average Bonchev–Trinajstić information content (AvgIpc) is 2.78. The van der Waals surface area contributed by atoms with Crippen molar-refractivity contribution in [3.63, 3.8) is 0 Å². The second kappa shape index (κ2) is 6.11. The molecule has 0 radical (unpaired) electrons. The van der Waals surface area contributed by atoms with Crippen molar-refractivity contribution in [3.05, 3.63) is 33.8 Å². The van der Waals surface area contributed by atoms with Crippen LogP contribution in [0, 0.1) is 6.92 Å². The van der Waals surface area contributed by atoms with Crippen LogP contribution in [0.2, 0.25) is 5.02 Å². The molecule has 0 aliphatic rings. The number of nitrogens with zero attached hydrogens (tertiary/aromatic N) is 1. The number of nitrogens with one attached hydrogen (secondary N) is 1. The minimum atomic E-state index is -3.92. The molecule has 1 aromatic heterocycles. The number of carboxylic acid groups (broad SMARTS) is 1. The molecule has 2 rings (SSSR count). The fourth-order valence-electron chi connectivity index (χ4n) is 1.63. The fraction of sp³-hybridized carbons (Fsp3) is 0.167. The summed E-state index contributed by atoms with van der Waals surface area (Å²) in [5, 5.41) is 9.07. The van der Waals surface area contributed by atoms with Crippen LogP contribution in [0.5, 0.6) is 5.75 Å². The quantitative estimate of drug-likeness (QED) is 0.846. The fourth-order valence-corrected chi connectivity index (χ4v) is 4.01. The first kappa shape index (κ1) is 16.5. The van der Waals surface area contributed by atoms with Crippen LogP contribution in [0.1, 0.15) is 15.4 Å². The molecule has 0 aliphatic carbocycles. The van der Waals surface area contributed by atoms with Crippen LogP contribution in [0.25, 0.3) is 0 Å². The molecule has 0 atom stereocenters. The van der Waals surface area contributed by atoms with E-state index in [-0.39, 0.29) is 25.6 Å². The van der Waals surface area contributed by atoms with E-state index in [4.69, 9.17) is 21.4 Å². The van der Waals surface area contributed by atoms with Crippen LogP contribution in [-0.2, 0) is 10.0 Å². The monoisotopic (exact) mass is 362 g/mol. The van der Waals surface area contributed by atoms with E-state index in [1.54, 1.807) is 0 Å². The number of anilines is 1. The molecule has 0 bridgehead atoms. The van der Waals surface area contributed by atoms with Gasteiger partial charge in [0.1, 0.15) is 10.6 Å². The highest BCUT2D eigenvalue weighted by Gasteiger charge is 2.20. The van der Waals surface area contributed by atoms with Crippen LogP contribution < -0.4 is 9.46 Å². The Kier molecular flexibility index (Phi) is 4.59. The maximum Gasteiger partial charge on any atom is 0.347 e. The van der Waals surface area contributed by atoms with Crippen LogP contribution >= 0.6 is 22.9 Å². The van der Waals surface area contributed by atoms with Gasteiger partial charge in [0, 0.05) is 0 Å². The third kappa shape index (κ3) is 3.32. The Bertz CT molecular complexity index is 832. The van der Waals surface area contributed by atoms with Crippen LogP contribution in [0.4, 0.5) is 5.13 Å². The predicted octanol–water partition coefficient (Wildman–Crippen LogP) is 2.61. The highest BCUT2D eigenvalue weighted by molar-refractivity contribution is 7.93. The van der Waals surface area contributed by atoms with Gasteiger partial charge in [0.2, 0.25) is 0 Å². The molecular weight excluding hydrogens is 352 g/mol. The second-order valence-electron chi connectivity index (χ2n) is 4.14. The maximum atomic E-state index is 12.3. The molecule has 0 unspecified atom stereocenters. The molecular formula is C12H11ClN2O5S2. The van der Waals surface area contributed by atoms with Gasteiger partial charge in [-0.15, -0.1) is 0 Å². The molecule has 2 N–H and O–H groups in total.